The lowest BCUT2D eigenvalue weighted by Gasteiger charge is -2.32. The number of nitrogens with zero attached hydrogens (tertiary/aromatic N) is 1. The zero-order chi connectivity index (χ0) is 14.3. The van der Waals surface area contributed by atoms with Gasteiger partial charge >= 0.3 is 7.12 Å². The number of aromatic hydroxyl groups is 1. The number of aromatic nitrogens is 1. The summed E-state index contributed by atoms with van der Waals surface area (Å²) in [7, 11) is -0.497. The van der Waals surface area contributed by atoms with E-state index in [9.17, 15) is 4.39 Å². The molecule has 19 heavy (non-hydrogen) atoms. The number of rotatable bonds is 2. The summed E-state index contributed by atoms with van der Waals surface area (Å²) in [4.78, 5) is 3.59. The van der Waals surface area contributed by atoms with Crippen LogP contribution in [-0.2, 0) is 9.31 Å². The molecular weight excluding hydrogens is 248 g/mol. The van der Waals surface area contributed by atoms with Crippen LogP contribution >= 0.6 is 0 Å². The summed E-state index contributed by atoms with van der Waals surface area (Å²) in [6.45, 7) is 7.83. The Morgan fingerprint density at radius 2 is 1.79 bits per heavy atom. The molecule has 1 aromatic heterocycles. The van der Waals surface area contributed by atoms with Gasteiger partial charge in [-0.3, -0.25) is 0 Å². The zero-order valence-corrected chi connectivity index (χ0v) is 11.5. The average molecular weight is 265 g/mol. The molecule has 0 saturated carbocycles. The number of halogens is 1. The number of hydrogen-bond donors (Lipinski definition) is 1. The van der Waals surface area contributed by atoms with E-state index in [4.69, 9.17) is 14.4 Å². The molecule has 4 nitrogen and oxygen atoms in total. The first kappa shape index (κ1) is 14.0. The van der Waals surface area contributed by atoms with Crippen molar-refractivity contribution < 1.29 is 18.8 Å². The lowest BCUT2D eigenvalue weighted by atomic mass is 9.89. The van der Waals surface area contributed by atoms with E-state index < -0.39 is 30.0 Å². The summed E-state index contributed by atoms with van der Waals surface area (Å²) in [5.41, 5.74) is -0.421. The van der Waals surface area contributed by atoms with E-state index in [2.05, 4.69) is 4.98 Å². The molecule has 0 atom stereocenters. The quantitative estimate of drug-likeness (QED) is 0.659. The van der Waals surface area contributed by atoms with Gasteiger partial charge in [0.2, 0.25) is 0 Å². The van der Waals surface area contributed by atoms with Crippen LogP contribution < -0.4 is 0 Å². The summed E-state index contributed by atoms with van der Waals surface area (Å²) in [5, 5.41) is 9.05. The molecule has 0 aliphatic carbocycles. The average Bonchev–Trinajstić information content (AvgIpc) is 2.49. The zero-order valence-electron chi connectivity index (χ0n) is 11.5. The minimum absolute atomic E-state index is 0.394. The van der Waals surface area contributed by atoms with Gasteiger partial charge in [0, 0.05) is 0 Å². The molecule has 102 valence electrons. The Morgan fingerprint density at radius 1 is 1.21 bits per heavy atom. The maximum atomic E-state index is 13.1. The molecule has 0 bridgehead atoms. The van der Waals surface area contributed by atoms with Crippen LogP contribution in [0.15, 0.2) is 18.1 Å². The third-order valence-corrected chi connectivity index (χ3v) is 3.55. The molecule has 1 fully saturated rings. The highest BCUT2D eigenvalue weighted by Crippen LogP contribution is 2.36. The minimum Gasteiger partial charge on any atom is -0.504 e. The summed E-state index contributed by atoms with van der Waals surface area (Å²) in [5.74, 6) is 0.318. The van der Waals surface area contributed by atoms with Crippen LogP contribution in [0.2, 0.25) is 0 Å². The predicted octanol–water partition coefficient (Wildman–Crippen LogP) is 2.57. The summed E-state index contributed by atoms with van der Waals surface area (Å²) >= 11 is 0. The highest BCUT2D eigenvalue weighted by Gasteiger charge is 2.49. The highest BCUT2D eigenvalue weighted by molar-refractivity contribution is 6.52. The Bertz CT molecular complexity index is 501. The van der Waals surface area contributed by atoms with Gasteiger partial charge in [0.25, 0.3) is 5.95 Å². The SMILES string of the molecule is CC1(C)OB(/C=C/c2ccc(O)c(F)n2)OC1(C)C. The van der Waals surface area contributed by atoms with Gasteiger partial charge in [0.05, 0.1) is 16.9 Å². The van der Waals surface area contributed by atoms with E-state index in [0.717, 1.165) is 0 Å². The third-order valence-electron chi connectivity index (χ3n) is 3.55. The van der Waals surface area contributed by atoms with Crippen LogP contribution in [0.25, 0.3) is 6.08 Å². The van der Waals surface area contributed by atoms with Crippen molar-refractivity contribution >= 4 is 13.2 Å². The number of hydrogen-bond acceptors (Lipinski definition) is 4. The Morgan fingerprint density at radius 3 is 2.32 bits per heavy atom. The molecule has 1 aliphatic rings. The van der Waals surface area contributed by atoms with E-state index in [1.807, 2.05) is 27.7 Å². The molecule has 1 aromatic rings. The molecule has 0 unspecified atom stereocenters. The molecule has 2 rings (SSSR count). The molecule has 0 radical (unpaired) electrons. The lowest BCUT2D eigenvalue weighted by Crippen LogP contribution is -2.41. The topological polar surface area (TPSA) is 51.6 Å². The normalized spacial score (nSPS) is 21.2. The van der Waals surface area contributed by atoms with E-state index in [0.29, 0.717) is 5.69 Å². The number of pyridine rings is 1. The van der Waals surface area contributed by atoms with Crippen LogP contribution in [0, 0.1) is 5.95 Å². The van der Waals surface area contributed by atoms with Gasteiger partial charge in [0.1, 0.15) is 0 Å². The van der Waals surface area contributed by atoms with Crippen molar-refractivity contribution in [1.82, 2.24) is 4.98 Å². The fourth-order valence-electron chi connectivity index (χ4n) is 1.68. The van der Waals surface area contributed by atoms with E-state index in [-0.39, 0.29) is 0 Å². The Labute approximate surface area is 112 Å². The van der Waals surface area contributed by atoms with Gasteiger partial charge in [-0.05, 0) is 45.9 Å². The fraction of sp³-hybridized carbons (Fsp3) is 0.462. The van der Waals surface area contributed by atoms with E-state index in [1.165, 1.54) is 12.1 Å². The van der Waals surface area contributed by atoms with Gasteiger partial charge in [-0.25, -0.2) is 4.98 Å². The van der Waals surface area contributed by atoms with Crippen LogP contribution in [0.1, 0.15) is 33.4 Å². The minimum atomic E-state index is -0.893. The fourth-order valence-corrected chi connectivity index (χ4v) is 1.68. The van der Waals surface area contributed by atoms with Crippen LogP contribution in [0.5, 0.6) is 5.75 Å². The van der Waals surface area contributed by atoms with Crippen molar-refractivity contribution in [2.24, 2.45) is 0 Å². The first-order chi connectivity index (χ1) is 8.71. The second-order valence-electron chi connectivity index (χ2n) is 5.53. The van der Waals surface area contributed by atoms with Gasteiger partial charge < -0.3 is 14.4 Å². The van der Waals surface area contributed by atoms with Crippen LogP contribution in [0.3, 0.4) is 0 Å². The van der Waals surface area contributed by atoms with Gasteiger partial charge in [0.15, 0.2) is 5.75 Å². The molecule has 1 N–H and O–H groups in total. The smallest absolute Gasteiger partial charge is 0.487 e. The van der Waals surface area contributed by atoms with Crippen molar-refractivity contribution in [2.75, 3.05) is 0 Å². The molecule has 0 amide bonds. The van der Waals surface area contributed by atoms with Crippen LogP contribution in [0.4, 0.5) is 4.39 Å². The standard InChI is InChI=1S/C13H17BFNO3/c1-12(2)13(3,4)19-14(18-12)8-7-9-5-6-10(17)11(15)16-9/h5-8,17H,1-4H3/b8-7+. The van der Waals surface area contributed by atoms with Gasteiger partial charge in [-0.15, -0.1) is 0 Å². The summed E-state index contributed by atoms with van der Waals surface area (Å²) in [6.07, 6.45) is 1.60. The highest BCUT2D eigenvalue weighted by atomic mass is 19.1. The molecule has 2 heterocycles. The van der Waals surface area contributed by atoms with Crippen LogP contribution in [-0.4, -0.2) is 28.4 Å². The van der Waals surface area contributed by atoms with Crippen molar-refractivity contribution in [1.29, 1.82) is 0 Å². The lowest BCUT2D eigenvalue weighted by molar-refractivity contribution is 0.00578. The first-order valence-electron chi connectivity index (χ1n) is 6.11. The largest absolute Gasteiger partial charge is 0.504 e. The first-order valence-corrected chi connectivity index (χ1v) is 6.11. The van der Waals surface area contributed by atoms with E-state index in [1.54, 1.807) is 12.1 Å². The Hall–Kier alpha value is -1.40. The predicted molar refractivity (Wildman–Crippen MR) is 71.0 cm³/mol. The summed E-state index contributed by atoms with van der Waals surface area (Å²) in [6, 6.07) is 2.77. The van der Waals surface area contributed by atoms with Crippen molar-refractivity contribution in [3.05, 3.63) is 29.7 Å². The Kier molecular flexibility index (Phi) is 3.41. The molecule has 1 aliphatic heterocycles. The third kappa shape index (κ3) is 2.79. The molecular formula is C13H17BFNO3. The molecule has 1 saturated heterocycles. The van der Waals surface area contributed by atoms with Crippen molar-refractivity contribution in [3.63, 3.8) is 0 Å². The second kappa shape index (κ2) is 4.61. The molecule has 6 heteroatoms. The van der Waals surface area contributed by atoms with Crippen molar-refractivity contribution in [3.8, 4) is 5.75 Å². The van der Waals surface area contributed by atoms with Gasteiger partial charge in [-0.2, -0.15) is 4.39 Å². The summed E-state index contributed by atoms with van der Waals surface area (Å²) < 4.78 is 24.6. The molecule has 0 aromatic carbocycles. The maximum absolute atomic E-state index is 13.1. The monoisotopic (exact) mass is 265 g/mol. The Balaban J connectivity index is 2.10. The van der Waals surface area contributed by atoms with Crippen molar-refractivity contribution in [2.45, 2.75) is 38.9 Å². The van der Waals surface area contributed by atoms with Gasteiger partial charge in [-0.1, -0.05) is 5.98 Å². The molecule has 0 spiro atoms. The van der Waals surface area contributed by atoms with E-state index >= 15 is 0 Å². The maximum Gasteiger partial charge on any atom is 0.487 e. The second-order valence-corrected chi connectivity index (χ2v) is 5.53.